The fraction of sp³-hybridized carbons (Fsp3) is 0.250. The Morgan fingerprint density at radius 2 is 1.88 bits per heavy atom. The van der Waals surface area contributed by atoms with Gasteiger partial charge in [-0.15, -0.1) is 0 Å². The molecule has 0 unspecified atom stereocenters. The van der Waals surface area contributed by atoms with Crippen molar-refractivity contribution in [1.82, 2.24) is 19.8 Å². The number of likely N-dealkylation sites (N-methyl/N-ethyl adjacent to an activating group) is 1. The first-order chi connectivity index (χ1) is 15.4. The van der Waals surface area contributed by atoms with Crippen molar-refractivity contribution in [2.75, 3.05) is 44.3 Å². The molecule has 3 N–H and O–H groups in total. The number of rotatable bonds is 4. The number of nitrogen functional groups attached to an aromatic ring is 1. The summed E-state index contributed by atoms with van der Waals surface area (Å²) in [7, 11) is 2.02. The number of aryl methyl sites for hydroxylation is 1. The van der Waals surface area contributed by atoms with Crippen LogP contribution in [0.5, 0.6) is 0 Å². The van der Waals surface area contributed by atoms with Crippen molar-refractivity contribution in [2.45, 2.75) is 6.92 Å². The van der Waals surface area contributed by atoms with Crippen molar-refractivity contribution >= 4 is 34.1 Å². The smallest absolute Gasteiger partial charge is 0.249 e. The van der Waals surface area contributed by atoms with Crippen LogP contribution in [0.1, 0.15) is 5.56 Å². The summed E-state index contributed by atoms with van der Waals surface area (Å²) in [4.78, 5) is 37.0. The van der Waals surface area contributed by atoms with E-state index in [1.54, 1.807) is 23.4 Å². The number of carbonyl (C=O) groups is 2. The van der Waals surface area contributed by atoms with E-state index in [0.717, 1.165) is 40.6 Å². The number of nitrogens with two attached hydrogens (primary N) is 1. The number of carbonyl (C=O) groups excluding carboxylic acids is 2. The number of pyridine rings is 2. The Morgan fingerprint density at radius 1 is 1.09 bits per heavy atom. The van der Waals surface area contributed by atoms with Gasteiger partial charge in [0.05, 0.1) is 0 Å². The van der Waals surface area contributed by atoms with Crippen LogP contribution in [0.25, 0.3) is 21.9 Å². The molecule has 3 aromatic rings. The average molecular weight is 431 g/mol. The van der Waals surface area contributed by atoms with Crippen molar-refractivity contribution in [1.29, 1.82) is 0 Å². The van der Waals surface area contributed by atoms with E-state index >= 15 is 0 Å². The van der Waals surface area contributed by atoms with E-state index in [4.69, 9.17) is 5.73 Å². The van der Waals surface area contributed by atoms with Gasteiger partial charge in [0, 0.05) is 73.6 Å². The van der Waals surface area contributed by atoms with Gasteiger partial charge in [-0.05, 0) is 54.8 Å². The number of hydrogen-bond acceptors (Lipinski definition) is 6. The minimum absolute atomic E-state index is 0.163. The molecule has 1 aromatic carbocycles. The molecule has 1 aliphatic rings. The molecule has 1 saturated heterocycles. The Kier molecular flexibility index (Phi) is 6.13. The lowest BCUT2D eigenvalue weighted by Crippen LogP contribution is -2.46. The lowest BCUT2D eigenvalue weighted by Gasteiger charge is -2.31. The number of hydrogen-bond donors (Lipinski definition) is 2. The van der Waals surface area contributed by atoms with Gasteiger partial charge in [0.1, 0.15) is 5.82 Å². The summed E-state index contributed by atoms with van der Waals surface area (Å²) in [6.07, 6.45) is 7.75. The van der Waals surface area contributed by atoms with Gasteiger partial charge in [0.15, 0.2) is 0 Å². The molecule has 164 valence electrons. The van der Waals surface area contributed by atoms with E-state index in [-0.39, 0.29) is 5.91 Å². The minimum atomic E-state index is -0.411. The SMILES string of the molecule is Cc1ccncc1-c1cc(N)c2cnc(NC(=O)/C=C\C(=O)N3CCN(C)CC3)cc2c1. The van der Waals surface area contributed by atoms with E-state index < -0.39 is 5.91 Å². The second-order valence-electron chi connectivity index (χ2n) is 8.00. The number of fused-ring (bicyclic) bond motifs is 1. The minimum Gasteiger partial charge on any atom is -0.398 e. The van der Waals surface area contributed by atoms with Crippen molar-refractivity contribution in [3.05, 3.63) is 60.6 Å². The van der Waals surface area contributed by atoms with Crippen molar-refractivity contribution in [2.24, 2.45) is 0 Å². The maximum absolute atomic E-state index is 12.3. The molecule has 3 heterocycles. The average Bonchev–Trinajstić information content (AvgIpc) is 2.78. The van der Waals surface area contributed by atoms with Gasteiger partial charge in [-0.1, -0.05) is 0 Å². The molecule has 0 saturated carbocycles. The fourth-order valence-electron chi connectivity index (χ4n) is 3.72. The number of amides is 2. The summed E-state index contributed by atoms with van der Waals surface area (Å²) in [6.45, 7) is 5.00. The van der Waals surface area contributed by atoms with E-state index in [1.807, 2.05) is 38.4 Å². The van der Waals surface area contributed by atoms with E-state index in [1.165, 1.54) is 12.2 Å². The molecule has 0 spiro atoms. The maximum Gasteiger partial charge on any atom is 0.249 e. The molecule has 0 bridgehead atoms. The molecule has 2 amide bonds. The monoisotopic (exact) mass is 430 g/mol. The van der Waals surface area contributed by atoms with Gasteiger partial charge in [0.2, 0.25) is 11.8 Å². The van der Waals surface area contributed by atoms with E-state index in [2.05, 4.69) is 20.2 Å². The summed E-state index contributed by atoms with van der Waals surface area (Å²) in [6, 6.07) is 7.62. The summed E-state index contributed by atoms with van der Waals surface area (Å²) < 4.78 is 0. The van der Waals surface area contributed by atoms with Gasteiger partial charge in [-0.2, -0.15) is 0 Å². The van der Waals surface area contributed by atoms with Gasteiger partial charge in [0.25, 0.3) is 0 Å². The Labute approximate surface area is 186 Å². The van der Waals surface area contributed by atoms with E-state index in [0.29, 0.717) is 24.6 Å². The van der Waals surface area contributed by atoms with Crippen LogP contribution in [0.4, 0.5) is 11.5 Å². The van der Waals surface area contributed by atoms with Crippen molar-refractivity contribution < 1.29 is 9.59 Å². The van der Waals surface area contributed by atoms with Gasteiger partial charge < -0.3 is 20.9 Å². The Balaban J connectivity index is 1.50. The Morgan fingerprint density at radius 3 is 2.62 bits per heavy atom. The molecular formula is C24H26N6O2. The number of benzene rings is 1. The zero-order valence-electron chi connectivity index (χ0n) is 18.2. The lowest BCUT2D eigenvalue weighted by molar-refractivity contribution is -0.127. The van der Waals surface area contributed by atoms with Crippen LogP contribution in [-0.2, 0) is 9.59 Å². The van der Waals surface area contributed by atoms with Crippen molar-refractivity contribution in [3.8, 4) is 11.1 Å². The highest BCUT2D eigenvalue weighted by Crippen LogP contribution is 2.31. The van der Waals surface area contributed by atoms with Gasteiger partial charge in [-0.3, -0.25) is 14.6 Å². The third kappa shape index (κ3) is 4.76. The molecule has 8 heteroatoms. The highest BCUT2D eigenvalue weighted by atomic mass is 16.2. The first-order valence-electron chi connectivity index (χ1n) is 10.5. The third-order valence-corrected chi connectivity index (χ3v) is 5.66. The normalized spacial score (nSPS) is 14.8. The van der Waals surface area contributed by atoms with Crippen LogP contribution in [0.15, 0.2) is 55.0 Å². The molecule has 0 atom stereocenters. The van der Waals surface area contributed by atoms with Crippen LogP contribution in [0.2, 0.25) is 0 Å². The number of aromatic nitrogens is 2. The summed E-state index contributed by atoms with van der Waals surface area (Å²) >= 11 is 0. The molecule has 32 heavy (non-hydrogen) atoms. The third-order valence-electron chi connectivity index (χ3n) is 5.66. The topological polar surface area (TPSA) is 104 Å². The first-order valence-corrected chi connectivity index (χ1v) is 10.5. The zero-order chi connectivity index (χ0) is 22.7. The quantitative estimate of drug-likeness (QED) is 0.487. The standard InChI is InChI=1S/C24H26N6O2/c1-16-5-6-26-14-19(16)17-11-18-13-22(27-15-20(18)21(25)12-17)28-23(31)3-4-24(32)30-9-7-29(2)8-10-30/h3-6,11-15H,7-10,25H2,1-2H3,(H,27,28,31)/b4-3-. The maximum atomic E-state index is 12.3. The lowest BCUT2D eigenvalue weighted by atomic mass is 9.99. The van der Waals surface area contributed by atoms with Gasteiger partial charge in [-0.25, -0.2) is 4.98 Å². The molecular weight excluding hydrogens is 404 g/mol. The largest absolute Gasteiger partial charge is 0.398 e. The molecule has 1 aliphatic heterocycles. The van der Waals surface area contributed by atoms with Gasteiger partial charge >= 0.3 is 0 Å². The fourth-order valence-corrected chi connectivity index (χ4v) is 3.72. The number of nitrogens with zero attached hydrogens (tertiary/aromatic N) is 4. The summed E-state index contributed by atoms with van der Waals surface area (Å²) in [5.41, 5.74) is 9.89. The Hall–Kier alpha value is -3.78. The first kappa shape index (κ1) is 21.5. The zero-order valence-corrected chi connectivity index (χ0v) is 18.2. The molecule has 8 nitrogen and oxygen atoms in total. The number of nitrogens with one attached hydrogen (secondary N) is 1. The second-order valence-corrected chi connectivity index (χ2v) is 8.00. The second kappa shape index (κ2) is 9.15. The van der Waals surface area contributed by atoms with Crippen LogP contribution in [0, 0.1) is 6.92 Å². The predicted molar refractivity (Wildman–Crippen MR) is 126 cm³/mol. The van der Waals surface area contributed by atoms with Crippen LogP contribution >= 0.6 is 0 Å². The molecule has 0 aliphatic carbocycles. The van der Waals surface area contributed by atoms with Crippen LogP contribution in [0.3, 0.4) is 0 Å². The Bertz CT molecular complexity index is 1200. The summed E-state index contributed by atoms with van der Waals surface area (Å²) in [5, 5.41) is 4.37. The van der Waals surface area contributed by atoms with E-state index in [9.17, 15) is 9.59 Å². The summed E-state index contributed by atoms with van der Waals surface area (Å²) in [5.74, 6) is -0.186. The highest BCUT2D eigenvalue weighted by molar-refractivity contribution is 6.04. The number of anilines is 2. The predicted octanol–water partition coefficient (Wildman–Crippen LogP) is 2.46. The molecule has 0 radical (unpaired) electrons. The van der Waals surface area contributed by atoms with Crippen LogP contribution in [-0.4, -0.2) is 64.8 Å². The molecule has 1 fully saturated rings. The van der Waals surface area contributed by atoms with Crippen LogP contribution < -0.4 is 11.1 Å². The molecule has 2 aromatic heterocycles. The van der Waals surface area contributed by atoms with Crippen molar-refractivity contribution in [3.63, 3.8) is 0 Å². The molecule has 4 rings (SSSR count). The number of piperazine rings is 1. The highest BCUT2D eigenvalue weighted by Gasteiger charge is 2.17.